The van der Waals surface area contributed by atoms with E-state index in [4.69, 9.17) is 11.5 Å². The number of unbranched alkanes of at least 4 members (excludes halogenated alkanes) is 2. The number of hydrogen-bond donors (Lipinski definition) is 10. The first-order chi connectivity index (χ1) is 28.5. The van der Waals surface area contributed by atoms with Gasteiger partial charge in [0.25, 0.3) is 0 Å². The van der Waals surface area contributed by atoms with Gasteiger partial charge in [0.1, 0.15) is 36.3 Å². The van der Waals surface area contributed by atoms with Crippen LogP contribution in [0.25, 0.3) is 0 Å². The molecule has 17 heteroatoms. The van der Waals surface area contributed by atoms with Crippen molar-refractivity contribution in [1.29, 1.82) is 0 Å². The number of carboxylic acids is 1. The summed E-state index contributed by atoms with van der Waals surface area (Å²) >= 11 is 0. The van der Waals surface area contributed by atoms with Gasteiger partial charge in [0.05, 0.1) is 0 Å². The summed E-state index contributed by atoms with van der Waals surface area (Å²) in [4.78, 5) is 93.5. The van der Waals surface area contributed by atoms with E-state index in [1.165, 1.54) is 6.92 Å². The number of rotatable bonds is 27. The largest absolute Gasteiger partial charge is 0.480 e. The molecule has 0 saturated carbocycles. The van der Waals surface area contributed by atoms with Gasteiger partial charge in [-0.2, -0.15) is 0 Å². The molecular weight excluding hydrogens is 771 g/mol. The molecule has 0 saturated heterocycles. The van der Waals surface area contributed by atoms with Crippen molar-refractivity contribution in [1.82, 2.24) is 31.9 Å². The lowest BCUT2D eigenvalue weighted by Crippen LogP contribution is -2.61. The SMILES string of the molecule is CNc1cccc(C[C@H](NC(=O)[C@H](Cc2ccccc2)NC(=O)[C@H](CCCCN)NC(=O)[C@@H](NC(=O)[C@@H](NC(C)=O)C(C)C)C(C)C)C(=O)N[C@@H](CCCCN)C(=O)O)c1. The Morgan fingerprint density at radius 1 is 0.550 bits per heavy atom. The van der Waals surface area contributed by atoms with Gasteiger partial charge >= 0.3 is 5.97 Å². The summed E-state index contributed by atoms with van der Waals surface area (Å²) in [5.41, 5.74) is 13.5. The monoisotopic (exact) mass is 838 g/mol. The van der Waals surface area contributed by atoms with E-state index >= 15 is 0 Å². The summed E-state index contributed by atoms with van der Waals surface area (Å²) in [6.07, 6.45) is 2.30. The van der Waals surface area contributed by atoms with Gasteiger partial charge in [0.15, 0.2) is 0 Å². The molecule has 2 aromatic carbocycles. The molecule has 60 heavy (non-hydrogen) atoms. The van der Waals surface area contributed by atoms with Gasteiger partial charge in [-0.05, 0) is 86.7 Å². The lowest BCUT2D eigenvalue weighted by Gasteiger charge is -2.29. The molecule has 0 aliphatic carbocycles. The second-order valence-electron chi connectivity index (χ2n) is 15.6. The van der Waals surface area contributed by atoms with Crippen molar-refractivity contribution in [3.05, 3.63) is 65.7 Å². The maximum absolute atomic E-state index is 14.3. The number of carbonyl (C=O) groups excluding carboxylic acids is 6. The molecule has 17 nitrogen and oxygen atoms in total. The third-order valence-corrected chi connectivity index (χ3v) is 9.90. The van der Waals surface area contributed by atoms with Crippen molar-refractivity contribution in [2.24, 2.45) is 23.3 Å². The Morgan fingerprint density at radius 2 is 1.00 bits per heavy atom. The summed E-state index contributed by atoms with van der Waals surface area (Å²) in [5.74, 6) is -5.65. The zero-order valence-corrected chi connectivity index (χ0v) is 35.8. The van der Waals surface area contributed by atoms with E-state index in [1.807, 2.05) is 6.07 Å². The predicted octanol–water partition coefficient (Wildman–Crippen LogP) is 1.10. The first-order valence-electron chi connectivity index (χ1n) is 20.7. The van der Waals surface area contributed by atoms with E-state index in [0.717, 1.165) is 5.69 Å². The van der Waals surface area contributed by atoms with E-state index < -0.39 is 83.6 Å². The molecular formula is C43H67N9O8. The fourth-order valence-corrected chi connectivity index (χ4v) is 6.48. The molecule has 0 heterocycles. The minimum absolute atomic E-state index is 0.00603. The third kappa shape index (κ3) is 17.7. The predicted molar refractivity (Wildman–Crippen MR) is 230 cm³/mol. The van der Waals surface area contributed by atoms with E-state index in [-0.39, 0.29) is 31.6 Å². The van der Waals surface area contributed by atoms with Crippen LogP contribution in [0.15, 0.2) is 54.6 Å². The van der Waals surface area contributed by atoms with E-state index in [0.29, 0.717) is 49.9 Å². The Morgan fingerprint density at radius 3 is 1.50 bits per heavy atom. The van der Waals surface area contributed by atoms with Crippen LogP contribution in [0.1, 0.15) is 84.3 Å². The fraction of sp³-hybridized carbons (Fsp3) is 0.558. The number of benzene rings is 2. The van der Waals surface area contributed by atoms with Gasteiger partial charge in [0, 0.05) is 32.5 Å². The minimum atomic E-state index is -1.25. The van der Waals surface area contributed by atoms with E-state index in [9.17, 15) is 38.7 Å². The molecule has 0 spiro atoms. The lowest BCUT2D eigenvalue weighted by molar-refractivity contribution is -0.142. The fourth-order valence-electron chi connectivity index (χ4n) is 6.48. The summed E-state index contributed by atoms with van der Waals surface area (Å²) in [7, 11) is 1.74. The van der Waals surface area contributed by atoms with Crippen molar-refractivity contribution in [2.75, 3.05) is 25.5 Å². The zero-order valence-electron chi connectivity index (χ0n) is 35.8. The highest BCUT2D eigenvalue weighted by Crippen LogP contribution is 2.14. The van der Waals surface area contributed by atoms with Gasteiger partial charge in [-0.1, -0.05) is 70.2 Å². The first kappa shape index (κ1) is 50.6. The molecule has 332 valence electrons. The van der Waals surface area contributed by atoms with Gasteiger partial charge in [-0.25, -0.2) is 4.79 Å². The average molecular weight is 838 g/mol. The van der Waals surface area contributed by atoms with Crippen LogP contribution in [0.4, 0.5) is 5.69 Å². The van der Waals surface area contributed by atoms with Crippen molar-refractivity contribution < 1.29 is 38.7 Å². The highest BCUT2D eigenvalue weighted by atomic mass is 16.4. The number of carbonyl (C=O) groups is 7. The summed E-state index contributed by atoms with van der Waals surface area (Å²) < 4.78 is 0. The number of nitrogens with one attached hydrogen (secondary N) is 7. The highest BCUT2D eigenvalue weighted by molar-refractivity contribution is 5.97. The van der Waals surface area contributed by atoms with Gasteiger partial charge in [0.2, 0.25) is 35.4 Å². The van der Waals surface area contributed by atoms with Crippen LogP contribution >= 0.6 is 0 Å². The lowest BCUT2D eigenvalue weighted by atomic mass is 9.98. The van der Waals surface area contributed by atoms with Crippen LogP contribution < -0.4 is 48.7 Å². The molecule has 0 aromatic heterocycles. The molecule has 0 aliphatic heterocycles. The summed E-state index contributed by atoms with van der Waals surface area (Å²) in [5, 5.41) is 29.2. The molecule has 0 unspecified atom stereocenters. The van der Waals surface area contributed by atoms with Crippen LogP contribution in [0.3, 0.4) is 0 Å². The van der Waals surface area contributed by atoms with Gasteiger partial charge < -0.3 is 53.8 Å². The Hall–Kier alpha value is -5.55. The van der Waals surface area contributed by atoms with Crippen LogP contribution in [0.2, 0.25) is 0 Å². The maximum atomic E-state index is 14.3. The van der Waals surface area contributed by atoms with Crippen molar-refractivity contribution in [3.63, 3.8) is 0 Å². The molecule has 0 aliphatic rings. The zero-order chi connectivity index (χ0) is 44.8. The quantitative estimate of drug-likeness (QED) is 0.0569. The summed E-state index contributed by atoms with van der Waals surface area (Å²) in [6.45, 7) is 8.98. The molecule has 2 aromatic rings. The third-order valence-electron chi connectivity index (χ3n) is 9.90. The van der Waals surface area contributed by atoms with Crippen LogP contribution in [-0.4, -0.2) is 103 Å². The summed E-state index contributed by atoms with van der Waals surface area (Å²) in [6, 6.07) is 9.23. The molecule has 0 radical (unpaired) electrons. The number of hydrogen-bond acceptors (Lipinski definition) is 10. The number of amides is 6. The average Bonchev–Trinajstić information content (AvgIpc) is 3.20. The van der Waals surface area contributed by atoms with Crippen molar-refractivity contribution >= 4 is 47.1 Å². The molecule has 12 N–H and O–H groups in total. The maximum Gasteiger partial charge on any atom is 0.326 e. The van der Waals surface area contributed by atoms with Gasteiger partial charge in [-0.15, -0.1) is 0 Å². The van der Waals surface area contributed by atoms with Crippen molar-refractivity contribution in [2.45, 2.75) is 122 Å². The Kier molecular flexibility index (Phi) is 22.4. The Bertz CT molecular complexity index is 1710. The second kappa shape index (κ2) is 26.5. The number of aliphatic carboxylic acids is 1. The first-order valence-corrected chi connectivity index (χ1v) is 20.7. The number of carboxylic acid groups (broad SMARTS) is 1. The molecule has 0 fully saturated rings. The Balaban J connectivity index is 2.48. The molecule has 6 amide bonds. The topological polar surface area (TPSA) is 276 Å². The van der Waals surface area contributed by atoms with Crippen LogP contribution in [0, 0.1) is 11.8 Å². The minimum Gasteiger partial charge on any atom is -0.480 e. The van der Waals surface area contributed by atoms with Crippen molar-refractivity contribution in [3.8, 4) is 0 Å². The highest BCUT2D eigenvalue weighted by Gasteiger charge is 2.34. The van der Waals surface area contributed by atoms with E-state index in [1.54, 1.807) is 83.3 Å². The van der Waals surface area contributed by atoms with Crippen LogP contribution in [-0.2, 0) is 46.4 Å². The van der Waals surface area contributed by atoms with Crippen LogP contribution in [0.5, 0.6) is 0 Å². The number of nitrogens with two attached hydrogens (primary N) is 2. The molecule has 0 bridgehead atoms. The standard InChI is InChI=1S/C43H67N9O8/c1-26(2)36(47-28(5)53)42(58)52-37(27(3)4)41(57)48-32(19-10-12-21-44)38(54)50-34(24-29-15-8-7-9-16-29)40(56)51-35(25-30-17-14-18-31(23-30)46-6)39(55)49-33(43(59)60)20-11-13-22-45/h7-9,14-18,23,26-27,32-37,46H,10-13,19-22,24-25,44-45H2,1-6H3,(H,47,53)(H,48,57)(H,49,55)(H,50,54)(H,51,56)(H,52,58)(H,59,60)/t32-,33-,34-,35-,36-,37-/m0/s1. The molecule has 6 atom stereocenters. The second-order valence-corrected chi connectivity index (χ2v) is 15.6. The normalized spacial score (nSPS) is 14.1. The number of anilines is 1. The smallest absolute Gasteiger partial charge is 0.326 e. The Labute approximate surface area is 353 Å². The molecule has 2 rings (SSSR count). The van der Waals surface area contributed by atoms with E-state index in [2.05, 4.69) is 37.2 Å². The van der Waals surface area contributed by atoms with Gasteiger partial charge in [-0.3, -0.25) is 28.8 Å².